The maximum Gasteiger partial charge on any atom is 0.224 e. The van der Waals surface area contributed by atoms with Crippen molar-refractivity contribution in [2.24, 2.45) is 5.92 Å². The van der Waals surface area contributed by atoms with Crippen molar-refractivity contribution in [2.75, 3.05) is 35.3 Å². The van der Waals surface area contributed by atoms with Gasteiger partial charge in [0.15, 0.2) is 0 Å². The van der Waals surface area contributed by atoms with Gasteiger partial charge in [0.25, 0.3) is 0 Å². The predicted molar refractivity (Wildman–Crippen MR) is 131 cm³/mol. The predicted octanol–water partition coefficient (Wildman–Crippen LogP) is 5.41. The number of rotatable bonds is 5. The maximum absolute atomic E-state index is 12.7. The number of aromatic nitrogens is 1. The van der Waals surface area contributed by atoms with Crippen molar-refractivity contribution in [2.45, 2.75) is 65.0 Å². The molecular formula is C26H36N4O2. The molecular weight excluding hydrogens is 400 g/mol. The molecule has 3 heterocycles. The van der Waals surface area contributed by atoms with Crippen LogP contribution in [0.15, 0.2) is 36.4 Å². The highest BCUT2D eigenvalue weighted by Gasteiger charge is 2.40. The Kier molecular flexibility index (Phi) is 6.87. The maximum atomic E-state index is 12.7. The number of anilines is 3. The average molecular weight is 437 g/mol. The van der Waals surface area contributed by atoms with Gasteiger partial charge in [-0.25, -0.2) is 0 Å². The van der Waals surface area contributed by atoms with Gasteiger partial charge < -0.3 is 19.9 Å². The third kappa shape index (κ3) is 4.41. The lowest BCUT2D eigenvalue weighted by Crippen LogP contribution is -2.49. The fourth-order valence-electron chi connectivity index (χ4n) is 5.39. The van der Waals surface area contributed by atoms with Crippen molar-refractivity contribution < 1.29 is 9.53 Å². The molecule has 1 N–H and O–H groups in total. The molecule has 3 atom stereocenters. The standard InChI is InChI=1S/C26H36N4O2/c1-5-22-18(2)26(28-24-11-10-12-25(27-24)32-4)21-17-20(29-15-8-6-7-9-16-29)13-14-23(21)30(22)19(3)31/h10-14,17-18,22,26H,5-9,15-16H2,1-4H3,(H,27,28)/t18-,22-,26+/m0/s1. The molecule has 172 valence electrons. The van der Waals surface area contributed by atoms with Crippen molar-refractivity contribution in [3.63, 3.8) is 0 Å². The Balaban J connectivity index is 1.77. The minimum atomic E-state index is 0.0529. The number of pyridine rings is 1. The van der Waals surface area contributed by atoms with E-state index in [0.717, 1.165) is 31.0 Å². The fraction of sp³-hybridized carbons (Fsp3) is 0.538. The van der Waals surface area contributed by atoms with E-state index in [2.05, 4.69) is 47.2 Å². The Morgan fingerprint density at radius 1 is 1.16 bits per heavy atom. The number of hydrogen-bond donors (Lipinski definition) is 1. The zero-order valence-electron chi connectivity index (χ0n) is 19.8. The second-order valence-corrected chi connectivity index (χ2v) is 9.06. The first-order chi connectivity index (χ1) is 15.5. The van der Waals surface area contributed by atoms with E-state index in [1.54, 1.807) is 14.0 Å². The molecule has 1 aromatic carbocycles. The number of benzene rings is 1. The van der Waals surface area contributed by atoms with Crippen molar-refractivity contribution >= 4 is 23.1 Å². The summed E-state index contributed by atoms with van der Waals surface area (Å²) < 4.78 is 5.33. The lowest BCUT2D eigenvalue weighted by molar-refractivity contribution is -0.117. The molecule has 1 amide bonds. The van der Waals surface area contributed by atoms with Gasteiger partial charge in [0.05, 0.1) is 13.2 Å². The van der Waals surface area contributed by atoms with Gasteiger partial charge in [0, 0.05) is 55.0 Å². The fourth-order valence-corrected chi connectivity index (χ4v) is 5.39. The lowest BCUT2D eigenvalue weighted by atomic mass is 9.80. The Morgan fingerprint density at radius 2 is 1.91 bits per heavy atom. The van der Waals surface area contributed by atoms with Gasteiger partial charge in [0.1, 0.15) is 5.82 Å². The summed E-state index contributed by atoms with van der Waals surface area (Å²) >= 11 is 0. The molecule has 1 fully saturated rings. The normalized spacial score (nSPS) is 23.3. The van der Waals surface area contributed by atoms with Gasteiger partial charge in [-0.1, -0.05) is 32.8 Å². The quantitative estimate of drug-likeness (QED) is 0.680. The van der Waals surface area contributed by atoms with Crippen LogP contribution >= 0.6 is 0 Å². The van der Waals surface area contributed by atoms with Crippen molar-refractivity contribution in [1.29, 1.82) is 0 Å². The Morgan fingerprint density at radius 3 is 2.56 bits per heavy atom. The average Bonchev–Trinajstić information content (AvgIpc) is 3.09. The van der Waals surface area contributed by atoms with E-state index in [0.29, 0.717) is 5.88 Å². The number of amides is 1. The summed E-state index contributed by atoms with van der Waals surface area (Å²) in [7, 11) is 1.63. The van der Waals surface area contributed by atoms with Crippen LogP contribution in [-0.4, -0.2) is 37.1 Å². The number of hydrogen-bond acceptors (Lipinski definition) is 5. The van der Waals surface area contributed by atoms with Crippen LogP contribution in [0.3, 0.4) is 0 Å². The molecule has 6 nitrogen and oxygen atoms in total. The molecule has 2 aromatic rings. The van der Waals surface area contributed by atoms with E-state index < -0.39 is 0 Å². The van der Waals surface area contributed by atoms with Crippen molar-refractivity contribution in [3.8, 4) is 5.88 Å². The molecule has 6 heteroatoms. The topological polar surface area (TPSA) is 57.7 Å². The van der Waals surface area contributed by atoms with Gasteiger partial charge in [-0.05, 0) is 43.5 Å². The molecule has 1 saturated heterocycles. The third-order valence-electron chi connectivity index (χ3n) is 7.03. The smallest absolute Gasteiger partial charge is 0.224 e. The Labute approximate surface area is 192 Å². The first-order valence-electron chi connectivity index (χ1n) is 12.0. The van der Waals surface area contributed by atoms with Crippen LogP contribution in [0.4, 0.5) is 17.2 Å². The van der Waals surface area contributed by atoms with Crippen LogP contribution in [0.2, 0.25) is 0 Å². The molecule has 0 saturated carbocycles. The first-order valence-corrected chi connectivity index (χ1v) is 12.0. The summed E-state index contributed by atoms with van der Waals surface area (Å²) in [6.45, 7) is 8.27. The van der Waals surface area contributed by atoms with E-state index in [9.17, 15) is 4.79 Å². The van der Waals surface area contributed by atoms with Gasteiger partial charge >= 0.3 is 0 Å². The van der Waals surface area contributed by atoms with Crippen LogP contribution in [0.5, 0.6) is 5.88 Å². The van der Waals surface area contributed by atoms with E-state index in [1.807, 2.05) is 23.1 Å². The molecule has 0 radical (unpaired) electrons. The number of ether oxygens (including phenoxy) is 1. The van der Waals surface area contributed by atoms with Crippen LogP contribution in [0.25, 0.3) is 0 Å². The van der Waals surface area contributed by atoms with Crippen LogP contribution in [0, 0.1) is 5.92 Å². The monoisotopic (exact) mass is 436 g/mol. The van der Waals surface area contributed by atoms with E-state index >= 15 is 0 Å². The zero-order chi connectivity index (χ0) is 22.7. The second kappa shape index (κ2) is 9.80. The number of nitrogens with one attached hydrogen (secondary N) is 1. The Bertz CT molecular complexity index is 939. The molecule has 2 aliphatic heterocycles. The number of carbonyl (C=O) groups excluding carboxylic acids is 1. The van der Waals surface area contributed by atoms with Gasteiger partial charge in [-0.2, -0.15) is 4.98 Å². The molecule has 4 rings (SSSR count). The summed E-state index contributed by atoms with van der Waals surface area (Å²) in [5.41, 5.74) is 3.44. The highest BCUT2D eigenvalue weighted by Crippen LogP contribution is 2.45. The Hall–Kier alpha value is -2.76. The summed E-state index contributed by atoms with van der Waals surface area (Å²) in [5.74, 6) is 1.71. The van der Waals surface area contributed by atoms with E-state index in [1.165, 1.54) is 36.9 Å². The number of carbonyl (C=O) groups is 1. The highest BCUT2D eigenvalue weighted by molar-refractivity contribution is 5.94. The summed E-state index contributed by atoms with van der Waals surface area (Å²) in [6, 6.07) is 12.6. The van der Waals surface area contributed by atoms with Gasteiger partial charge in [0.2, 0.25) is 11.8 Å². The summed E-state index contributed by atoms with van der Waals surface area (Å²) in [4.78, 5) is 21.8. The van der Waals surface area contributed by atoms with Crippen LogP contribution in [-0.2, 0) is 4.79 Å². The van der Waals surface area contributed by atoms with Crippen LogP contribution < -0.4 is 19.9 Å². The number of nitrogens with zero attached hydrogens (tertiary/aromatic N) is 3. The molecule has 0 aliphatic carbocycles. The number of fused-ring (bicyclic) bond motifs is 1. The minimum Gasteiger partial charge on any atom is -0.481 e. The third-order valence-corrected chi connectivity index (χ3v) is 7.03. The SMILES string of the molecule is CC[C@H]1[C@H](C)[C@@H](Nc2cccc(OC)n2)c2cc(N3CCCCCC3)ccc2N1C(C)=O. The van der Waals surface area contributed by atoms with Crippen LogP contribution in [0.1, 0.15) is 64.5 Å². The lowest BCUT2D eigenvalue weighted by Gasteiger charge is -2.45. The second-order valence-electron chi connectivity index (χ2n) is 9.06. The van der Waals surface area contributed by atoms with Crippen molar-refractivity contribution in [3.05, 3.63) is 42.0 Å². The molecule has 0 bridgehead atoms. The molecule has 0 unspecified atom stereocenters. The van der Waals surface area contributed by atoms with E-state index in [4.69, 9.17) is 4.74 Å². The minimum absolute atomic E-state index is 0.0529. The highest BCUT2D eigenvalue weighted by atomic mass is 16.5. The largest absolute Gasteiger partial charge is 0.481 e. The summed E-state index contributed by atoms with van der Waals surface area (Å²) in [5, 5.41) is 3.68. The molecule has 32 heavy (non-hydrogen) atoms. The van der Waals surface area contributed by atoms with Gasteiger partial charge in [-0.15, -0.1) is 0 Å². The first kappa shape index (κ1) is 22.4. The number of methoxy groups -OCH3 is 1. The molecule has 1 aromatic heterocycles. The zero-order valence-corrected chi connectivity index (χ0v) is 19.8. The van der Waals surface area contributed by atoms with E-state index in [-0.39, 0.29) is 23.9 Å². The van der Waals surface area contributed by atoms with Gasteiger partial charge in [-0.3, -0.25) is 4.79 Å². The molecule has 0 spiro atoms. The van der Waals surface area contributed by atoms with Crippen molar-refractivity contribution in [1.82, 2.24) is 4.98 Å². The summed E-state index contributed by atoms with van der Waals surface area (Å²) in [6.07, 6.45) is 5.99. The molecule has 2 aliphatic rings.